The zero-order valence-corrected chi connectivity index (χ0v) is 30.7. The first kappa shape index (κ1) is 35.0. The molecule has 5 aliphatic heterocycles. The molecule has 1 unspecified atom stereocenters. The molecule has 55 heavy (non-hydrogen) atoms. The number of amides is 4. The third-order valence-electron chi connectivity index (χ3n) is 12.3. The summed E-state index contributed by atoms with van der Waals surface area (Å²) >= 11 is 0. The van der Waals surface area contributed by atoms with E-state index < -0.39 is 23.8 Å². The van der Waals surface area contributed by atoms with Gasteiger partial charge in [-0.3, -0.25) is 34.3 Å². The average molecular weight is 740 g/mol. The van der Waals surface area contributed by atoms with Crippen molar-refractivity contribution >= 4 is 35.0 Å². The molecular formula is C44H45N5O6. The van der Waals surface area contributed by atoms with Gasteiger partial charge in [-0.15, -0.1) is 0 Å². The number of phenolic OH excluding ortho intramolecular Hbond substituents is 1. The van der Waals surface area contributed by atoms with Crippen LogP contribution in [0.2, 0.25) is 0 Å². The minimum absolute atomic E-state index is 0.101. The Morgan fingerprint density at radius 1 is 0.691 bits per heavy atom. The molecule has 4 amide bonds. The largest absolute Gasteiger partial charge is 0.508 e. The predicted molar refractivity (Wildman–Crippen MR) is 208 cm³/mol. The van der Waals surface area contributed by atoms with Crippen molar-refractivity contribution in [1.82, 2.24) is 15.1 Å². The number of carbonyl (C=O) groups excluding carboxylic acids is 4. The monoisotopic (exact) mass is 739 g/mol. The fourth-order valence-electron chi connectivity index (χ4n) is 9.27. The molecule has 282 valence electrons. The van der Waals surface area contributed by atoms with E-state index in [1.165, 1.54) is 16.8 Å². The number of nitrogens with one attached hydrogen (secondary N) is 1. The van der Waals surface area contributed by atoms with Gasteiger partial charge >= 0.3 is 0 Å². The number of anilines is 2. The molecule has 0 radical (unpaired) electrons. The van der Waals surface area contributed by atoms with Crippen LogP contribution in [0.3, 0.4) is 0 Å². The Labute approximate surface area is 320 Å². The van der Waals surface area contributed by atoms with Crippen molar-refractivity contribution in [1.29, 1.82) is 0 Å². The summed E-state index contributed by atoms with van der Waals surface area (Å²) in [6, 6.07) is 29.5. The van der Waals surface area contributed by atoms with Gasteiger partial charge in [0.05, 0.1) is 17.7 Å². The van der Waals surface area contributed by atoms with Gasteiger partial charge in [0.15, 0.2) is 0 Å². The first-order valence-electron chi connectivity index (χ1n) is 19.5. The van der Waals surface area contributed by atoms with Crippen molar-refractivity contribution in [3.63, 3.8) is 0 Å². The lowest BCUT2D eigenvalue weighted by atomic mass is 9.76. The number of nitrogens with zero attached hydrogens (tertiary/aromatic N) is 4. The summed E-state index contributed by atoms with van der Waals surface area (Å²) in [4.78, 5) is 58.9. The predicted octanol–water partition coefficient (Wildman–Crippen LogP) is 5.14. The van der Waals surface area contributed by atoms with Crippen LogP contribution in [0, 0.1) is 5.92 Å². The number of fused-ring (bicyclic) bond motifs is 2. The smallest absolute Gasteiger partial charge is 0.262 e. The number of hydrogen-bond donors (Lipinski definition) is 2. The highest BCUT2D eigenvalue weighted by Crippen LogP contribution is 2.47. The SMILES string of the molecule is O=C1CCC(N2C(=O)c3ccc(N4CCN(CC5CCN(c6ccc([C@@H]7c8ccc(O)cc8OC[C@@H]7c7ccccc7)cc6)CC5)CC4)cc3C2=O)C(=O)N1. The first-order valence-corrected chi connectivity index (χ1v) is 19.5. The molecule has 0 aromatic heterocycles. The highest BCUT2D eigenvalue weighted by molar-refractivity contribution is 6.23. The highest BCUT2D eigenvalue weighted by atomic mass is 16.5. The van der Waals surface area contributed by atoms with Gasteiger partial charge in [-0.05, 0) is 72.7 Å². The molecule has 5 heterocycles. The molecule has 9 rings (SSSR count). The number of benzene rings is 4. The Hall–Kier alpha value is -5.68. The molecule has 11 nitrogen and oxygen atoms in total. The van der Waals surface area contributed by atoms with Crippen LogP contribution < -0.4 is 19.9 Å². The van der Waals surface area contributed by atoms with Crippen LogP contribution in [-0.4, -0.2) is 97.0 Å². The minimum atomic E-state index is -0.962. The quantitative estimate of drug-likeness (QED) is 0.248. The second kappa shape index (κ2) is 14.5. The van der Waals surface area contributed by atoms with Crippen molar-refractivity contribution in [2.45, 2.75) is 43.6 Å². The van der Waals surface area contributed by atoms with Crippen LogP contribution in [-0.2, 0) is 9.59 Å². The van der Waals surface area contributed by atoms with Crippen molar-refractivity contribution in [3.05, 3.63) is 119 Å². The molecule has 5 aliphatic rings. The van der Waals surface area contributed by atoms with Gasteiger partial charge < -0.3 is 19.6 Å². The van der Waals surface area contributed by atoms with Crippen LogP contribution in [0.5, 0.6) is 11.5 Å². The fraction of sp³-hybridized carbons (Fsp3) is 0.364. The molecule has 3 saturated heterocycles. The standard InChI is InChI=1S/C44H45N5O6/c50-33-11-13-35-39(25-33)55-27-37(29-4-2-1-3-5-29)41(35)30-6-8-31(9-7-30)47-18-16-28(17-19-47)26-46-20-22-48(23-21-46)32-10-12-34-36(24-32)44(54)49(43(34)53)38-14-15-40(51)45-42(38)52/h1-13,24-25,28,37-38,41,50H,14-23,26-27H2,(H,45,51,52)/t37-,38?,41-/m1/s1. The van der Waals surface area contributed by atoms with Crippen molar-refractivity contribution < 1.29 is 29.0 Å². The van der Waals surface area contributed by atoms with E-state index in [0.29, 0.717) is 23.7 Å². The van der Waals surface area contributed by atoms with Crippen LogP contribution >= 0.6 is 0 Å². The van der Waals surface area contributed by atoms with Crippen LogP contribution in [0.25, 0.3) is 0 Å². The minimum Gasteiger partial charge on any atom is -0.508 e. The zero-order valence-electron chi connectivity index (χ0n) is 30.7. The number of piperidine rings is 2. The van der Waals surface area contributed by atoms with E-state index in [0.717, 1.165) is 80.6 Å². The molecule has 0 aliphatic carbocycles. The Kier molecular flexibility index (Phi) is 9.25. The molecule has 11 heteroatoms. The third kappa shape index (κ3) is 6.71. The van der Waals surface area contributed by atoms with Crippen molar-refractivity contribution in [2.75, 3.05) is 62.2 Å². The highest BCUT2D eigenvalue weighted by Gasteiger charge is 2.45. The summed E-state index contributed by atoms with van der Waals surface area (Å²) in [5.74, 6) is -0.0393. The Bertz CT molecular complexity index is 2120. The molecule has 0 spiro atoms. The number of phenols is 1. The summed E-state index contributed by atoms with van der Waals surface area (Å²) < 4.78 is 6.16. The lowest BCUT2D eigenvalue weighted by Gasteiger charge is -2.40. The number of aromatic hydroxyl groups is 1. The van der Waals surface area contributed by atoms with Crippen LogP contribution in [0.1, 0.15) is 74.9 Å². The fourth-order valence-corrected chi connectivity index (χ4v) is 9.27. The van der Waals surface area contributed by atoms with Gasteiger partial charge in [-0.2, -0.15) is 0 Å². The number of piperazine rings is 1. The average Bonchev–Trinajstić information content (AvgIpc) is 3.46. The molecule has 0 bridgehead atoms. The van der Waals surface area contributed by atoms with E-state index in [9.17, 15) is 24.3 Å². The lowest BCUT2D eigenvalue weighted by Crippen LogP contribution is -2.54. The molecule has 4 aromatic rings. The molecule has 3 atom stereocenters. The van der Waals surface area contributed by atoms with Gasteiger partial charge in [0.2, 0.25) is 11.8 Å². The molecule has 2 N–H and O–H groups in total. The van der Waals surface area contributed by atoms with Crippen LogP contribution in [0.4, 0.5) is 11.4 Å². The van der Waals surface area contributed by atoms with Gasteiger partial charge in [0, 0.05) is 87.1 Å². The van der Waals surface area contributed by atoms with E-state index in [2.05, 4.69) is 68.5 Å². The van der Waals surface area contributed by atoms with E-state index >= 15 is 0 Å². The van der Waals surface area contributed by atoms with E-state index in [1.54, 1.807) is 24.3 Å². The number of imide groups is 2. The summed E-state index contributed by atoms with van der Waals surface area (Å²) in [7, 11) is 0. The van der Waals surface area contributed by atoms with Gasteiger partial charge in [-0.1, -0.05) is 48.5 Å². The Balaban J connectivity index is 0.788. The van der Waals surface area contributed by atoms with Gasteiger partial charge in [-0.25, -0.2) is 0 Å². The number of carbonyl (C=O) groups is 4. The maximum absolute atomic E-state index is 13.3. The maximum Gasteiger partial charge on any atom is 0.262 e. The topological polar surface area (TPSA) is 123 Å². The normalized spacial score (nSPS) is 23.3. The second-order valence-electron chi connectivity index (χ2n) is 15.5. The number of hydrogen-bond acceptors (Lipinski definition) is 9. The van der Waals surface area contributed by atoms with Crippen LogP contribution in [0.15, 0.2) is 91.0 Å². The summed E-state index contributed by atoms with van der Waals surface area (Å²) in [6.07, 6.45) is 2.52. The molecule has 4 aromatic carbocycles. The third-order valence-corrected chi connectivity index (χ3v) is 12.3. The molecule has 3 fully saturated rings. The Morgan fingerprint density at radius 3 is 2.15 bits per heavy atom. The van der Waals surface area contributed by atoms with Crippen molar-refractivity contribution in [3.8, 4) is 11.5 Å². The van der Waals surface area contributed by atoms with Gasteiger partial charge in [0.1, 0.15) is 17.5 Å². The molecular weight excluding hydrogens is 695 g/mol. The number of ether oxygens (including phenoxy) is 1. The summed E-state index contributed by atoms with van der Waals surface area (Å²) in [5.41, 5.74) is 6.38. The number of rotatable bonds is 7. The van der Waals surface area contributed by atoms with Crippen molar-refractivity contribution in [2.24, 2.45) is 5.92 Å². The summed E-state index contributed by atoms with van der Waals surface area (Å²) in [5, 5.41) is 12.4. The zero-order chi connectivity index (χ0) is 37.6. The van der Waals surface area contributed by atoms with E-state index in [1.807, 2.05) is 18.2 Å². The second-order valence-corrected chi connectivity index (χ2v) is 15.5. The lowest BCUT2D eigenvalue weighted by molar-refractivity contribution is -0.136. The maximum atomic E-state index is 13.3. The van der Waals surface area contributed by atoms with Gasteiger partial charge in [0.25, 0.3) is 11.8 Å². The van der Waals surface area contributed by atoms with E-state index in [4.69, 9.17) is 4.74 Å². The van der Waals surface area contributed by atoms with E-state index in [-0.39, 0.29) is 36.3 Å². The first-order chi connectivity index (χ1) is 26.8. The Morgan fingerprint density at radius 2 is 1.40 bits per heavy atom. The summed E-state index contributed by atoms with van der Waals surface area (Å²) in [6.45, 7) is 7.17. The molecule has 0 saturated carbocycles.